The summed E-state index contributed by atoms with van der Waals surface area (Å²) in [6.45, 7) is 5.96. The van der Waals surface area contributed by atoms with Crippen molar-refractivity contribution in [1.29, 1.82) is 0 Å². The Morgan fingerprint density at radius 2 is 2.13 bits per heavy atom. The van der Waals surface area contributed by atoms with E-state index in [1.54, 1.807) is 18.5 Å². The van der Waals surface area contributed by atoms with Gasteiger partial charge >= 0.3 is 0 Å². The molecule has 0 atom stereocenters. The van der Waals surface area contributed by atoms with Crippen LogP contribution in [-0.4, -0.2) is 10.6 Å². The fourth-order valence-corrected chi connectivity index (χ4v) is 1.26. The number of aromatic nitrogens is 1. The van der Waals surface area contributed by atoms with Gasteiger partial charge in [-0.1, -0.05) is 0 Å². The summed E-state index contributed by atoms with van der Waals surface area (Å²) in [6, 6.07) is 1.89. The van der Waals surface area contributed by atoms with Gasteiger partial charge in [-0.2, -0.15) is 0 Å². The first-order chi connectivity index (χ1) is 6.88. The molecule has 0 aliphatic rings. The summed E-state index contributed by atoms with van der Waals surface area (Å²) in [5.74, 6) is 0.493. The summed E-state index contributed by atoms with van der Waals surface area (Å²) in [5.41, 5.74) is 6.35. The molecular weight excluding hydrogens is 256 g/mol. The second-order valence-electron chi connectivity index (χ2n) is 4.16. The third kappa shape index (κ3) is 4.34. The van der Waals surface area contributed by atoms with Crippen LogP contribution in [0.4, 0.5) is 5.82 Å². The minimum absolute atomic E-state index is 0.190. The summed E-state index contributed by atoms with van der Waals surface area (Å²) < 4.78 is 6.34. The Labute approximate surface area is 98.5 Å². The van der Waals surface area contributed by atoms with Crippen molar-refractivity contribution >= 4 is 27.8 Å². The Balaban J connectivity index is 2.76. The van der Waals surface area contributed by atoms with Crippen LogP contribution in [0.25, 0.3) is 6.08 Å². The molecule has 0 fully saturated rings. The van der Waals surface area contributed by atoms with Gasteiger partial charge in [0, 0.05) is 16.2 Å². The maximum absolute atomic E-state index is 5.70. The van der Waals surface area contributed by atoms with Crippen molar-refractivity contribution in [1.82, 2.24) is 4.98 Å². The van der Waals surface area contributed by atoms with E-state index in [-0.39, 0.29) is 5.60 Å². The molecule has 1 heterocycles. The summed E-state index contributed by atoms with van der Waals surface area (Å²) in [4.78, 5) is 4.02. The highest BCUT2D eigenvalue weighted by molar-refractivity contribution is 9.10. The maximum Gasteiger partial charge on any atom is 0.130 e. The smallest absolute Gasteiger partial charge is 0.130 e. The molecule has 1 aromatic rings. The van der Waals surface area contributed by atoms with Gasteiger partial charge in [0.25, 0.3) is 0 Å². The van der Waals surface area contributed by atoms with Gasteiger partial charge in [-0.05, 0) is 48.8 Å². The standard InChI is InChI=1S/C11H15BrN2O/c1-11(2,3)15-5-4-8-6-9(12)7-14-10(8)13/h4-7H,1-3H3,(H2,13,14). The second-order valence-corrected chi connectivity index (χ2v) is 5.08. The van der Waals surface area contributed by atoms with E-state index >= 15 is 0 Å². The van der Waals surface area contributed by atoms with Crippen molar-refractivity contribution in [3.63, 3.8) is 0 Å². The minimum atomic E-state index is -0.190. The first kappa shape index (κ1) is 12.0. The molecule has 0 amide bonds. The summed E-state index contributed by atoms with van der Waals surface area (Å²) in [5, 5.41) is 0. The molecule has 0 aliphatic heterocycles. The summed E-state index contributed by atoms with van der Waals surface area (Å²) in [7, 11) is 0. The van der Waals surface area contributed by atoms with Crippen LogP contribution >= 0.6 is 15.9 Å². The zero-order valence-electron chi connectivity index (χ0n) is 9.12. The number of rotatable bonds is 2. The highest BCUT2D eigenvalue weighted by atomic mass is 79.9. The lowest BCUT2D eigenvalue weighted by Crippen LogP contribution is -2.15. The van der Waals surface area contributed by atoms with Crippen molar-refractivity contribution in [3.05, 3.63) is 28.6 Å². The first-order valence-electron chi connectivity index (χ1n) is 4.64. The number of nitrogens with two attached hydrogens (primary N) is 1. The normalized spacial score (nSPS) is 12.0. The van der Waals surface area contributed by atoms with Gasteiger partial charge in [0.05, 0.1) is 11.9 Å². The number of nitrogens with zero attached hydrogens (tertiary/aromatic N) is 1. The summed E-state index contributed by atoms with van der Waals surface area (Å²) >= 11 is 3.33. The lowest BCUT2D eigenvalue weighted by molar-refractivity contribution is 0.0783. The highest BCUT2D eigenvalue weighted by Crippen LogP contribution is 2.17. The molecule has 0 aliphatic carbocycles. The van der Waals surface area contributed by atoms with Gasteiger partial charge in [-0.15, -0.1) is 0 Å². The maximum atomic E-state index is 5.70. The average molecular weight is 271 g/mol. The monoisotopic (exact) mass is 270 g/mol. The molecule has 15 heavy (non-hydrogen) atoms. The number of halogens is 1. The highest BCUT2D eigenvalue weighted by Gasteiger charge is 2.07. The molecule has 0 unspecified atom stereocenters. The van der Waals surface area contributed by atoms with Gasteiger partial charge in [-0.25, -0.2) is 4.98 Å². The average Bonchev–Trinajstić information content (AvgIpc) is 2.09. The number of hydrogen-bond donors (Lipinski definition) is 1. The van der Waals surface area contributed by atoms with Crippen LogP contribution in [0.1, 0.15) is 26.3 Å². The molecule has 4 heteroatoms. The van der Waals surface area contributed by atoms with Crippen LogP contribution in [-0.2, 0) is 4.74 Å². The molecule has 1 aromatic heterocycles. The van der Waals surface area contributed by atoms with Crippen LogP contribution in [0.15, 0.2) is 23.0 Å². The molecular formula is C11H15BrN2O. The van der Waals surface area contributed by atoms with Crippen molar-refractivity contribution in [2.45, 2.75) is 26.4 Å². The van der Waals surface area contributed by atoms with Crippen LogP contribution in [0, 0.1) is 0 Å². The van der Waals surface area contributed by atoms with Crippen molar-refractivity contribution in [2.24, 2.45) is 0 Å². The fourth-order valence-electron chi connectivity index (χ4n) is 0.910. The Morgan fingerprint density at radius 3 is 2.73 bits per heavy atom. The van der Waals surface area contributed by atoms with Crippen molar-refractivity contribution < 1.29 is 4.74 Å². The van der Waals surface area contributed by atoms with Crippen LogP contribution < -0.4 is 5.73 Å². The summed E-state index contributed by atoms with van der Waals surface area (Å²) in [6.07, 6.45) is 5.11. The lowest BCUT2D eigenvalue weighted by Gasteiger charge is -2.17. The van der Waals surface area contributed by atoms with Gasteiger partial charge in [0.2, 0.25) is 0 Å². The molecule has 2 N–H and O–H groups in total. The second kappa shape index (κ2) is 4.66. The van der Waals surface area contributed by atoms with E-state index in [1.807, 2.05) is 26.8 Å². The Morgan fingerprint density at radius 1 is 1.47 bits per heavy atom. The molecule has 0 bridgehead atoms. The molecule has 0 aromatic carbocycles. The van der Waals surface area contributed by atoms with E-state index in [4.69, 9.17) is 10.5 Å². The van der Waals surface area contributed by atoms with Crippen molar-refractivity contribution in [2.75, 3.05) is 5.73 Å². The third-order valence-corrected chi connectivity index (χ3v) is 2.02. The molecule has 3 nitrogen and oxygen atoms in total. The molecule has 82 valence electrons. The van der Waals surface area contributed by atoms with Crippen LogP contribution in [0.5, 0.6) is 0 Å². The van der Waals surface area contributed by atoms with Crippen LogP contribution in [0.2, 0.25) is 0 Å². The number of pyridine rings is 1. The lowest BCUT2D eigenvalue weighted by atomic mass is 10.2. The van der Waals surface area contributed by atoms with Crippen molar-refractivity contribution in [3.8, 4) is 0 Å². The third-order valence-electron chi connectivity index (χ3n) is 1.59. The Kier molecular flexibility index (Phi) is 3.74. The topological polar surface area (TPSA) is 48.1 Å². The van der Waals surface area contributed by atoms with Gasteiger partial charge in [0.1, 0.15) is 5.82 Å². The van der Waals surface area contributed by atoms with Gasteiger partial charge < -0.3 is 10.5 Å². The van der Waals surface area contributed by atoms with E-state index in [1.165, 1.54) is 0 Å². The number of nitrogen functional groups attached to an aromatic ring is 1. The predicted octanol–water partition coefficient (Wildman–Crippen LogP) is 3.21. The quantitative estimate of drug-likeness (QED) is 0.840. The van der Waals surface area contributed by atoms with E-state index in [9.17, 15) is 0 Å². The Bertz CT molecular complexity index is 369. The van der Waals surface area contributed by atoms with Crippen LogP contribution in [0.3, 0.4) is 0 Å². The van der Waals surface area contributed by atoms with E-state index in [2.05, 4.69) is 20.9 Å². The predicted molar refractivity (Wildman–Crippen MR) is 66.2 cm³/mol. The van der Waals surface area contributed by atoms with Gasteiger partial charge in [-0.3, -0.25) is 0 Å². The van der Waals surface area contributed by atoms with E-state index in [0.717, 1.165) is 10.0 Å². The minimum Gasteiger partial charge on any atom is -0.496 e. The van der Waals surface area contributed by atoms with E-state index < -0.39 is 0 Å². The molecule has 0 saturated carbocycles. The first-order valence-corrected chi connectivity index (χ1v) is 5.43. The zero-order chi connectivity index (χ0) is 11.5. The van der Waals surface area contributed by atoms with E-state index in [0.29, 0.717) is 5.82 Å². The largest absolute Gasteiger partial charge is 0.496 e. The molecule has 1 rings (SSSR count). The Hall–Kier alpha value is -1.03. The number of hydrogen-bond acceptors (Lipinski definition) is 3. The van der Waals surface area contributed by atoms with Gasteiger partial charge in [0.15, 0.2) is 0 Å². The number of ether oxygens (including phenoxy) is 1. The zero-order valence-corrected chi connectivity index (χ0v) is 10.7. The molecule has 0 radical (unpaired) electrons. The number of anilines is 1. The SMILES string of the molecule is CC(C)(C)OC=Cc1cc(Br)cnc1N. The molecule has 0 spiro atoms. The molecule has 0 saturated heterocycles. The fraction of sp³-hybridized carbons (Fsp3) is 0.364.